The van der Waals surface area contributed by atoms with Crippen LogP contribution in [0.3, 0.4) is 0 Å². The number of carbonyl (C=O) groups is 1. The van der Waals surface area contributed by atoms with E-state index in [1.165, 1.54) is 11.3 Å². The number of rotatable bonds is 8. The number of likely N-dealkylation sites (N-methyl/N-ethyl adjacent to an activating group) is 1. The molecular formula is C21H24N4O2S. The van der Waals surface area contributed by atoms with Crippen molar-refractivity contribution in [2.75, 3.05) is 31.3 Å². The van der Waals surface area contributed by atoms with Crippen LogP contribution in [0.15, 0.2) is 53.9 Å². The zero-order chi connectivity index (χ0) is 19.9. The number of amides is 1. The first-order chi connectivity index (χ1) is 13.5. The molecule has 2 aromatic carbocycles. The van der Waals surface area contributed by atoms with E-state index in [1.807, 2.05) is 72.8 Å². The minimum Gasteiger partial charge on any atom is -0.497 e. The third-order valence-corrected chi connectivity index (χ3v) is 4.88. The van der Waals surface area contributed by atoms with Gasteiger partial charge in [-0.1, -0.05) is 17.7 Å². The van der Waals surface area contributed by atoms with Crippen molar-refractivity contribution in [1.82, 2.24) is 9.88 Å². The molecule has 6 nitrogen and oxygen atoms in total. The number of nitrogens with one attached hydrogen (secondary N) is 2. The minimum atomic E-state index is -0.0434. The summed E-state index contributed by atoms with van der Waals surface area (Å²) in [7, 11) is 3.55. The monoisotopic (exact) mass is 396 g/mol. The topological polar surface area (TPSA) is 66.5 Å². The summed E-state index contributed by atoms with van der Waals surface area (Å²) in [6.45, 7) is 2.92. The number of methoxy groups -OCH3 is 1. The molecule has 0 atom stereocenters. The maximum Gasteiger partial charge on any atom is 0.238 e. The van der Waals surface area contributed by atoms with Gasteiger partial charge in [-0.15, -0.1) is 11.3 Å². The Labute approximate surface area is 169 Å². The third-order valence-electron chi connectivity index (χ3n) is 4.07. The second-order valence-corrected chi connectivity index (χ2v) is 7.44. The van der Waals surface area contributed by atoms with Crippen LogP contribution in [0.5, 0.6) is 5.75 Å². The van der Waals surface area contributed by atoms with Gasteiger partial charge in [-0.2, -0.15) is 0 Å². The highest BCUT2D eigenvalue weighted by molar-refractivity contribution is 7.13. The predicted octanol–water partition coefficient (Wildman–Crippen LogP) is 4.27. The SMILES string of the molecule is COc1ccc(Nc2nc(CN(C)CC(=O)Nc3ccc(C)cc3)cs2)cc1. The van der Waals surface area contributed by atoms with Crippen LogP contribution >= 0.6 is 11.3 Å². The largest absolute Gasteiger partial charge is 0.497 e. The molecule has 0 radical (unpaired) electrons. The molecule has 0 fully saturated rings. The number of nitrogens with zero attached hydrogens (tertiary/aromatic N) is 2. The highest BCUT2D eigenvalue weighted by Crippen LogP contribution is 2.23. The van der Waals surface area contributed by atoms with Gasteiger partial charge in [0, 0.05) is 23.3 Å². The van der Waals surface area contributed by atoms with Crippen LogP contribution in [0, 0.1) is 6.92 Å². The summed E-state index contributed by atoms with van der Waals surface area (Å²) < 4.78 is 5.16. The molecular weight excluding hydrogens is 372 g/mol. The van der Waals surface area contributed by atoms with Crippen LogP contribution in [0.25, 0.3) is 0 Å². The van der Waals surface area contributed by atoms with E-state index in [-0.39, 0.29) is 5.91 Å². The summed E-state index contributed by atoms with van der Waals surface area (Å²) in [4.78, 5) is 18.7. The highest BCUT2D eigenvalue weighted by atomic mass is 32.1. The van der Waals surface area contributed by atoms with Crippen molar-refractivity contribution in [3.8, 4) is 5.75 Å². The number of thiazole rings is 1. The van der Waals surface area contributed by atoms with Crippen molar-refractivity contribution < 1.29 is 9.53 Å². The number of anilines is 3. The molecule has 3 rings (SSSR count). The van der Waals surface area contributed by atoms with Gasteiger partial charge in [-0.25, -0.2) is 4.98 Å². The lowest BCUT2D eigenvalue weighted by molar-refractivity contribution is -0.117. The summed E-state index contributed by atoms with van der Waals surface area (Å²) in [5.41, 5.74) is 3.85. The van der Waals surface area contributed by atoms with E-state index >= 15 is 0 Å². The molecule has 0 saturated heterocycles. The highest BCUT2D eigenvalue weighted by Gasteiger charge is 2.10. The van der Waals surface area contributed by atoms with Gasteiger partial charge in [0.2, 0.25) is 5.91 Å². The molecule has 0 aliphatic carbocycles. The van der Waals surface area contributed by atoms with E-state index in [0.717, 1.165) is 33.5 Å². The number of aromatic nitrogens is 1. The molecule has 0 bridgehead atoms. The molecule has 1 heterocycles. The standard InChI is InChI=1S/C21H24N4O2S/c1-15-4-6-16(7-5-15)22-20(26)13-25(2)12-18-14-28-21(24-18)23-17-8-10-19(27-3)11-9-17/h4-11,14H,12-13H2,1-3H3,(H,22,26)(H,23,24). The molecule has 1 aromatic heterocycles. The van der Waals surface area contributed by atoms with Gasteiger partial charge in [-0.05, 0) is 50.4 Å². The first-order valence-corrected chi connectivity index (χ1v) is 9.80. The van der Waals surface area contributed by atoms with Crippen molar-refractivity contribution in [3.05, 3.63) is 65.2 Å². The van der Waals surface area contributed by atoms with Gasteiger partial charge in [-0.3, -0.25) is 9.69 Å². The quantitative estimate of drug-likeness (QED) is 0.595. The minimum absolute atomic E-state index is 0.0434. The van der Waals surface area contributed by atoms with Crippen LogP contribution in [0.1, 0.15) is 11.3 Å². The first-order valence-electron chi connectivity index (χ1n) is 8.92. The van der Waals surface area contributed by atoms with E-state index in [4.69, 9.17) is 4.74 Å². The molecule has 1 amide bonds. The second-order valence-electron chi connectivity index (χ2n) is 6.58. The lowest BCUT2D eigenvalue weighted by atomic mass is 10.2. The molecule has 7 heteroatoms. The first kappa shape index (κ1) is 19.9. The number of hydrogen-bond acceptors (Lipinski definition) is 6. The number of carbonyl (C=O) groups excluding carboxylic acids is 1. The maximum atomic E-state index is 12.2. The van der Waals surface area contributed by atoms with Crippen LogP contribution < -0.4 is 15.4 Å². The van der Waals surface area contributed by atoms with Crippen molar-refractivity contribution in [2.24, 2.45) is 0 Å². The Hall–Kier alpha value is -2.90. The van der Waals surface area contributed by atoms with Crippen LogP contribution in [0.2, 0.25) is 0 Å². The number of ether oxygens (including phenoxy) is 1. The summed E-state index contributed by atoms with van der Waals surface area (Å²) in [5.74, 6) is 0.772. The molecule has 3 aromatic rings. The molecule has 0 spiro atoms. The fourth-order valence-corrected chi connectivity index (χ4v) is 3.37. The summed E-state index contributed by atoms with van der Waals surface area (Å²) in [6.07, 6.45) is 0. The Morgan fingerprint density at radius 2 is 1.79 bits per heavy atom. The average molecular weight is 397 g/mol. The van der Waals surface area contributed by atoms with E-state index in [0.29, 0.717) is 13.1 Å². The summed E-state index contributed by atoms with van der Waals surface area (Å²) in [5, 5.41) is 9.01. The van der Waals surface area contributed by atoms with Gasteiger partial charge in [0.15, 0.2) is 5.13 Å². The van der Waals surface area contributed by atoms with Crippen molar-refractivity contribution >= 4 is 33.8 Å². The predicted molar refractivity (Wildman–Crippen MR) is 115 cm³/mol. The lowest BCUT2D eigenvalue weighted by Crippen LogP contribution is -2.29. The molecule has 0 saturated carbocycles. The molecule has 0 aliphatic heterocycles. The third kappa shape index (κ3) is 5.80. The molecule has 0 aliphatic rings. The molecule has 0 unspecified atom stereocenters. The summed E-state index contributed by atoms with van der Waals surface area (Å²) in [6, 6.07) is 15.5. The fraction of sp³-hybridized carbons (Fsp3) is 0.238. The van der Waals surface area contributed by atoms with Crippen LogP contribution in [0.4, 0.5) is 16.5 Å². The van der Waals surface area contributed by atoms with Gasteiger partial charge in [0.1, 0.15) is 5.75 Å². The Kier molecular flexibility index (Phi) is 6.62. The van der Waals surface area contributed by atoms with Gasteiger partial charge in [0.05, 0.1) is 19.3 Å². The second kappa shape index (κ2) is 9.34. The van der Waals surface area contributed by atoms with Crippen molar-refractivity contribution in [2.45, 2.75) is 13.5 Å². The number of aryl methyl sites for hydroxylation is 1. The lowest BCUT2D eigenvalue weighted by Gasteiger charge is -2.15. The Bertz CT molecular complexity index is 907. The maximum absolute atomic E-state index is 12.2. The van der Waals surface area contributed by atoms with Crippen molar-refractivity contribution in [3.63, 3.8) is 0 Å². The average Bonchev–Trinajstić information content (AvgIpc) is 3.10. The summed E-state index contributed by atoms with van der Waals surface area (Å²) >= 11 is 1.54. The molecule has 146 valence electrons. The normalized spacial score (nSPS) is 10.7. The van der Waals surface area contributed by atoms with E-state index in [2.05, 4.69) is 15.6 Å². The van der Waals surface area contributed by atoms with Gasteiger partial charge in [0.25, 0.3) is 0 Å². The Morgan fingerprint density at radius 3 is 2.46 bits per heavy atom. The van der Waals surface area contributed by atoms with E-state index in [1.54, 1.807) is 7.11 Å². The Morgan fingerprint density at radius 1 is 1.11 bits per heavy atom. The molecule has 2 N–H and O–H groups in total. The number of benzene rings is 2. The Balaban J connectivity index is 1.49. The zero-order valence-corrected chi connectivity index (χ0v) is 17.0. The smallest absolute Gasteiger partial charge is 0.238 e. The van der Waals surface area contributed by atoms with Crippen molar-refractivity contribution in [1.29, 1.82) is 0 Å². The van der Waals surface area contributed by atoms with E-state index < -0.39 is 0 Å². The van der Waals surface area contributed by atoms with Crippen LogP contribution in [-0.2, 0) is 11.3 Å². The zero-order valence-electron chi connectivity index (χ0n) is 16.2. The van der Waals surface area contributed by atoms with Gasteiger partial charge >= 0.3 is 0 Å². The fourth-order valence-electron chi connectivity index (χ4n) is 2.65. The van der Waals surface area contributed by atoms with Crippen LogP contribution in [-0.4, -0.2) is 36.5 Å². The number of hydrogen-bond donors (Lipinski definition) is 2. The van der Waals surface area contributed by atoms with E-state index in [9.17, 15) is 4.79 Å². The molecule has 28 heavy (non-hydrogen) atoms. The van der Waals surface area contributed by atoms with Gasteiger partial charge < -0.3 is 15.4 Å².